The van der Waals surface area contributed by atoms with Crippen molar-refractivity contribution in [3.05, 3.63) is 82.6 Å². The zero-order chi connectivity index (χ0) is 24.2. The summed E-state index contributed by atoms with van der Waals surface area (Å²) < 4.78 is 3.57. The van der Waals surface area contributed by atoms with E-state index in [1.54, 1.807) is 29.2 Å². The molecule has 0 fully saturated rings. The summed E-state index contributed by atoms with van der Waals surface area (Å²) >= 11 is 11.8. The first-order valence-corrected chi connectivity index (χ1v) is 11.1. The number of carbonyl (C=O) groups excluding carboxylic acids is 1. The number of nitrogens with two attached hydrogens (primary N) is 1. The molecule has 2 amide bonds. The zero-order valence-electron chi connectivity index (χ0n) is 18.6. The van der Waals surface area contributed by atoms with Crippen molar-refractivity contribution in [3.63, 3.8) is 0 Å². The second kappa shape index (κ2) is 10.0. The van der Waals surface area contributed by atoms with Crippen molar-refractivity contribution in [1.29, 1.82) is 0 Å². The van der Waals surface area contributed by atoms with Crippen molar-refractivity contribution in [2.24, 2.45) is 14.1 Å². The normalized spacial score (nSPS) is 10.7. The number of amides is 2. The summed E-state index contributed by atoms with van der Waals surface area (Å²) in [5, 5.41) is 16.8. The molecule has 0 saturated heterocycles. The second-order valence-electron chi connectivity index (χ2n) is 7.61. The van der Waals surface area contributed by atoms with E-state index in [2.05, 4.69) is 20.8 Å². The first-order valence-electron chi connectivity index (χ1n) is 10.4. The van der Waals surface area contributed by atoms with Gasteiger partial charge in [-0.05, 0) is 42.0 Å². The van der Waals surface area contributed by atoms with E-state index in [4.69, 9.17) is 28.9 Å². The van der Waals surface area contributed by atoms with Gasteiger partial charge in [0, 0.05) is 37.1 Å². The molecule has 0 aliphatic carbocycles. The highest BCUT2D eigenvalue weighted by atomic mass is 35.5. The summed E-state index contributed by atoms with van der Waals surface area (Å²) in [6, 6.07) is 16.4. The van der Waals surface area contributed by atoms with Gasteiger partial charge in [-0.1, -0.05) is 41.4 Å². The fourth-order valence-electron chi connectivity index (χ4n) is 3.48. The van der Waals surface area contributed by atoms with Gasteiger partial charge in [-0.2, -0.15) is 10.2 Å². The van der Waals surface area contributed by atoms with E-state index in [9.17, 15) is 4.79 Å². The first-order chi connectivity index (χ1) is 16.3. The van der Waals surface area contributed by atoms with Crippen LogP contribution in [-0.2, 0) is 20.6 Å². The van der Waals surface area contributed by atoms with E-state index in [-0.39, 0.29) is 6.03 Å². The van der Waals surface area contributed by atoms with Gasteiger partial charge < -0.3 is 16.4 Å². The molecule has 2 aromatic heterocycles. The molecule has 0 bridgehead atoms. The van der Waals surface area contributed by atoms with Crippen molar-refractivity contribution in [2.45, 2.75) is 6.54 Å². The fraction of sp³-hybridized carbons (Fsp3) is 0.125. The minimum absolute atomic E-state index is 0.299. The topological polar surface area (TPSA) is 103 Å². The maximum atomic E-state index is 12.1. The lowest BCUT2D eigenvalue weighted by Gasteiger charge is -2.09. The predicted molar refractivity (Wildman–Crippen MR) is 138 cm³/mol. The number of carbonyl (C=O) groups is 1. The molecule has 2 heterocycles. The molecule has 4 N–H and O–H groups in total. The van der Waals surface area contributed by atoms with Gasteiger partial charge >= 0.3 is 6.03 Å². The van der Waals surface area contributed by atoms with E-state index in [1.165, 1.54) is 0 Å². The van der Waals surface area contributed by atoms with Crippen LogP contribution in [0.2, 0.25) is 10.0 Å². The number of nitrogens with one attached hydrogen (secondary N) is 2. The van der Waals surface area contributed by atoms with Crippen molar-refractivity contribution >= 4 is 62.4 Å². The molecule has 8 nitrogen and oxygen atoms in total. The third kappa shape index (κ3) is 5.08. The number of benzene rings is 3. The SMILES string of the molecule is Cn1ncc2c(N)cccc21.Cn1ncc2c(NC(=O)NCc3ccc(Cl)c(Cl)c3)cccc21. The number of halogens is 2. The van der Waals surface area contributed by atoms with Crippen LogP contribution < -0.4 is 16.4 Å². The van der Waals surface area contributed by atoms with E-state index in [1.807, 2.05) is 61.2 Å². The lowest BCUT2D eigenvalue weighted by molar-refractivity contribution is 0.252. The predicted octanol–water partition coefficient (Wildman–Crippen LogP) is 5.36. The maximum Gasteiger partial charge on any atom is 0.319 e. The van der Waals surface area contributed by atoms with Gasteiger partial charge in [0.1, 0.15) is 0 Å². The number of aromatic nitrogens is 4. The lowest BCUT2D eigenvalue weighted by Crippen LogP contribution is -2.28. The summed E-state index contributed by atoms with van der Waals surface area (Å²) in [4.78, 5) is 12.1. The molecule has 0 unspecified atom stereocenters. The van der Waals surface area contributed by atoms with E-state index < -0.39 is 0 Å². The van der Waals surface area contributed by atoms with Gasteiger partial charge in [-0.25, -0.2) is 4.79 Å². The first kappa shape index (κ1) is 23.4. The lowest BCUT2D eigenvalue weighted by atomic mass is 10.2. The van der Waals surface area contributed by atoms with Gasteiger partial charge in [0.25, 0.3) is 0 Å². The third-order valence-electron chi connectivity index (χ3n) is 5.30. The number of fused-ring (bicyclic) bond motifs is 2. The Morgan fingerprint density at radius 3 is 2.24 bits per heavy atom. The molecule has 0 spiro atoms. The Morgan fingerprint density at radius 1 is 0.912 bits per heavy atom. The molecule has 34 heavy (non-hydrogen) atoms. The van der Waals surface area contributed by atoms with Crippen LogP contribution in [0.25, 0.3) is 21.8 Å². The van der Waals surface area contributed by atoms with Gasteiger partial charge in [0.2, 0.25) is 0 Å². The minimum Gasteiger partial charge on any atom is -0.398 e. The molecule has 0 aliphatic heterocycles. The summed E-state index contributed by atoms with van der Waals surface area (Å²) in [5.41, 5.74) is 10.1. The molecular weight excluding hydrogens is 473 g/mol. The third-order valence-corrected chi connectivity index (χ3v) is 6.04. The molecule has 5 aromatic rings. The monoisotopic (exact) mass is 495 g/mol. The molecule has 0 atom stereocenters. The number of hydrogen-bond donors (Lipinski definition) is 3. The highest BCUT2D eigenvalue weighted by Gasteiger charge is 2.08. The van der Waals surface area contributed by atoms with Crippen molar-refractivity contribution in [2.75, 3.05) is 11.1 Å². The molecule has 10 heteroatoms. The Morgan fingerprint density at radius 2 is 1.56 bits per heavy atom. The Labute approximate surface area is 206 Å². The van der Waals surface area contributed by atoms with E-state index >= 15 is 0 Å². The quantitative estimate of drug-likeness (QED) is 0.293. The average molecular weight is 496 g/mol. The Kier molecular flexibility index (Phi) is 6.90. The standard InChI is InChI=1S/C16H14Cl2N4O.C8H9N3/c1-22-15-4-2-3-14(11(15)9-20-22)21-16(23)19-8-10-5-6-12(17)13(18)7-10;1-11-8-4-2-3-7(9)6(8)5-10-11/h2-7,9H,8H2,1H3,(H2,19,21,23);2-5H,9H2,1H3. The Balaban J connectivity index is 0.000000207. The maximum absolute atomic E-state index is 12.1. The zero-order valence-corrected chi connectivity index (χ0v) is 20.1. The molecule has 0 aliphatic rings. The Hall–Kier alpha value is -3.75. The van der Waals surface area contributed by atoms with Crippen LogP contribution in [0.4, 0.5) is 16.2 Å². The summed E-state index contributed by atoms with van der Waals surface area (Å²) in [5.74, 6) is 0. The molecule has 3 aromatic carbocycles. The number of aryl methyl sites for hydroxylation is 2. The van der Waals surface area contributed by atoms with Crippen LogP contribution in [0.15, 0.2) is 67.0 Å². The van der Waals surface area contributed by atoms with E-state index in [0.29, 0.717) is 22.3 Å². The number of anilines is 2. The van der Waals surface area contributed by atoms with Gasteiger partial charge in [0.15, 0.2) is 0 Å². The molecule has 5 rings (SSSR count). The number of rotatable bonds is 3. The number of urea groups is 1. The van der Waals surface area contributed by atoms with Crippen molar-refractivity contribution in [1.82, 2.24) is 24.9 Å². The molecule has 0 radical (unpaired) electrons. The van der Waals surface area contributed by atoms with Gasteiger partial charge in [-0.3, -0.25) is 9.36 Å². The van der Waals surface area contributed by atoms with Gasteiger partial charge in [0.05, 0.1) is 39.2 Å². The highest BCUT2D eigenvalue weighted by molar-refractivity contribution is 6.42. The number of nitrogen functional groups attached to an aromatic ring is 1. The average Bonchev–Trinajstić information content (AvgIpc) is 3.39. The van der Waals surface area contributed by atoms with Gasteiger partial charge in [-0.15, -0.1) is 0 Å². The highest BCUT2D eigenvalue weighted by Crippen LogP contribution is 2.24. The van der Waals surface area contributed by atoms with Crippen LogP contribution in [0, 0.1) is 0 Å². The Bertz CT molecular complexity index is 1480. The van der Waals surface area contributed by atoms with Crippen molar-refractivity contribution in [3.8, 4) is 0 Å². The van der Waals surface area contributed by atoms with Crippen LogP contribution >= 0.6 is 23.2 Å². The number of hydrogen-bond acceptors (Lipinski definition) is 4. The van der Waals surface area contributed by atoms with E-state index in [0.717, 1.165) is 33.1 Å². The molecule has 174 valence electrons. The fourth-order valence-corrected chi connectivity index (χ4v) is 3.81. The largest absolute Gasteiger partial charge is 0.398 e. The molecule has 0 saturated carbocycles. The van der Waals surface area contributed by atoms with Crippen molar-refractivity contribution < 1.29 is 4.79 Å². The molecular formula is C24H23Cl2N7O. The van der Waals surface area contributed by atoms with Crippen LogP contribution in [0.3, 0.4) is 0 Å². The van der Waals surface area contributed by atoms with Crippen LogP contribution in [0.5, 0.6) is 0 Å². The van der Waals surface area contributed by atoms with Crippen LogP contribution in [0.1, 0.15) is 5.56 Å². The smallest absolute Gasteiger partial charge is 0.319 e. The number of nitrogens with zero attached hydrogens (tertiary/aromatic N) is 4. The minimum atomic E-state index is -0.299. The summed E-state index contributed by atoms with van der Waals surface area (Å²) in [6.07, 6.45) is 3.51. The summed E-state index contributed by atoms with van der Waals surface area (Å²) in [6.45, 7) is 0.353. The summed E-state index contributed by atoms with van der Waals surface area (Å²) in [7, 11) is 3.76. The second-order valence-corrected chi connectivity index (χ2v) is 8.43. The van der Waals surface area contributed by atoms with Crippen LogP contribution in [-0.4, -0.2) is 25.6 Å².